The summed E-state index contributed by atoms with van der Waals surface area (Å²) in [6.07, 6.45) is 0. The number of hydrogen-bond acceptors (Lipinski definition) is 4. The van der Waals surface area contributed by atoms with Crippen molar-refractivity contribution in [3.63, 3.8) is 0 Å². The summed E-state index contributed by atoms with van der Waals surface area (Å²) in [7, 11) is 1.59. The normalized spacial score (nSPS) is 26.4. The highest BCUT2D eigenvalue weighted by molar-refractivity contribution is 6.00. The van der Waals surface area contributed by atoms with Gasteiger partial charge in [-0.25, -0.2) is 4.99 Å². The molecule has 1 aliphatic heterocycles. The summed E-state index contributed by atoms with van der Waals surface area (Å²) >= 11 is 0. The monoisotopic (exact) mass is 274 g/mol. The molecule has 0 aromatic heterocycles. The molecule has 1 heterocycles. The molecule has 6 nitrogen and oxygen atoms in total. The highest BCUT2D eigenvalue weighted by atomic mass is 16.2. The maximum absolute atomic E-state index is 12.2. The first-order valence-electron chi connectivity index (χ1n) is 6.30. The molecule has 20 heavy (non-hydrogen) atoms. The zero-order chi connectivity index (χ0) is 15.1. The van der Waals surface area contributed by atoms with E-state index in [9.17, 15) is 9.59 Å². The molecule has 0 saturated carbocycles. The Kier molecular flexibility index (Phi) is 3.25. The van der Waals surface area contributed by atoms with Gasteiger partial charge in [0.05, 0.1) is 11.5 Å². The number of carbonyl (C=O) groups excluding carboxylic acids is 2. The molecule has 2 rings (SSSR count). The van der Waals surface area contributed by atoms with Crippen LogP contribution in [0.5, 0.6) is 0 Å². The van der Waals surface area contributed by atoms with Gasteiger partial charge in [-0.3, -0.25) is 14.5 Å². The highest BCUT2D eigenvalue weighted by Gasteiger charge is 2.43. The first-order valence-corrected chi connectivity index (χ1v) is 6.30. The Bertz CT molecular complexity index is 611. The fourth-order valence-electron chi connectivity index (χ4n) is 2.36. The molecule has 0 fully saturated rings. The Morgan fingerprint density at radius 3 is 2.70 bits per heavy atom. The number of rotatable bonds is 2. The number of amides is 2. The quantitative estimate of drug-likeness (QED) is 0.817. The number of nitrogens with two attached hydrogens (primary N) is 2. The minimum Gasteiger partial charge on any atom is -0.369 e. The molecule has 2 amide bonds. The first-order chi connectivity index (χ1) is 9.27. The molecular formula is C14H18N4O2. The van der Waals surface area contributed by atoms with Crippen LogP contribution in [0.1, 0.15) is 29.8 Å². The van der Waals surface area contributed by atoms with Crippen LogP contribution in [-0.4, -0.2) is 29.7 Å². The minimum atomic E-state index is -0.806. The summed E-state index contributed by atoms with van der Waals surface area (Å²) in [4.78, 5) is 29.3. The van der Waals surface area contributed by atoms with Crippen molar-refractivity contribution >= 4 is 17.8 Å². The fraction of sp³-hybridized carbons (Fsp3) is 0.357. The van der Waals surface area contributed by atoms with E-state index in [0.29, 0.717) is 5.56 Å². The molecule has 0 radical (unpaired) electrons. The smallest absolute Gasteiger partial charge is 0.248 e. The summed E-state index contributed by atoms with van der Waals surface area (Å²) in [5.74, 6) is -0.841. The van der Waals surface area contributed by atoms with Crippen LogP contribution in [0.3, 0.4) is 0 Å². The van der Waals surface area contributed by atoms with Gasteiger partial charge in [-0.1, -0.05) is 19.1 Å². The molecule has 6 heteroatoms. The second kappa shape index (κ2) is 4.63. The number of nitrogens with zero attached hydrogens (tertiary/aromatic N) is 2. The number of benzene rings is 1. The van der Waals surface area contributed by atoms with Crippen LogP contribution in [0.2, 0.25) is 0 Å². The molecule has 1 aliphatic rings. The van der Waals surface area contributed by atoms with Crippen LogP contribution < -0.4 is 11.5 Å². The van der Waals surface area contributed by atoms with E-state index in [-0.39, 0.29) is 17.8 Å². The van der Waals surface area contributed by atoms with Crippen molar-refractivity contribution in [1.82, 2.24) is 4.90 Å². The van der Waals surface area contributed by atoms with Gasteiger partial charge in [-0.05, 0) is 24.6 Å². The Labute approximate surface area is 117 Å². The molecule has 0 aliphatic carbocycles. The topological polar surface area (TPSA) is 102 Å². The molecule has 2 atom stereocenters. The third-order valence-electron chi connectivity index (χ3n) is 3.97. The molecule has 1 aromatic rings. The van der Waals surface area contributed by atoms with Crippen molar-refractivity contribution in [1.29, 1.82) is 0 Å². The van der Waals surface area contributed by atoms with Crippen LogP contribution in [0.4, 0.5) is 0 Å². The first kappa shape index (κ1) is 14.0. The Morgan fingerprint density at radius 1 is 1.45 bits per heavy atom. The minimum absolute atomic E-state index is 0.107. The van der Waals surface area contributed by atoms with Crippen LogP contribution in [0.25, 0.3) is 0 Å². The van der Waals surface area contributed by atoms with Gasteiger partial charge >= 0.3 is 0 Å². The average Bonchev–Trinajstić information content (AvgIpc) is 2.43. The predicted octanol–water partition coefficient (Wildman–Crippen LogP) is 0.423. The number of primary amides is 1. The average molecular weight is 274 g/mol. The molecule has 0 bridgehead atoms. The van der Waals surface area contributed by atoms with Gasteiger partial charge < -0.3 is 11.5 Å². The van der Waals surface area contributed by atoms with Gasteiger partial charge in [0, 0.05) is 12.6 Å². The zero-order valence-electron chi connectivity index (χ0n) is 11.8. The van der Waals surface area contributed by atoms with Crippen molar-refractivity contribution in [3.05, 3.63) is 35.4 Å². The second-order valence-corrected chi connectivity index (χ2v) is 5.18. The van der Waals surface area contributed by atoms with Gasteiger partial charge in [0.25, 0.3) is 0 Å². The third-order valence-corrected chi connectivity index (χ3v) is 3.97. The van der Waals surface area contributed by atoms with Crippen molar-refractivity contribution in [2.75, 3.05) is 7.05 Å². The van der Waals surface area contributed by atoms with Gasteiger partial charge in [-0.15, -0.1) is 0 Å². The Morgan fingerprint density at radius 2 is 2.10 bits per heavy atom. The largest absolute Gasteiger partial charge is 0.369 e. The molecular weight excluding hydrogens is 256 g/mol. The van der Waals surface area contributed by atoms with Gasteiger partial charge in [0.15, 0.2) is 5.96 Å². The van der Waals surface area contributed by atoms with Crippen LogP contribution in [0, 0.1) is 5.92 Å². The van der Waals surface area contributed by atoms with E-state index in [2.05, 4.69) is 4.99 Å². The van der Waals surface area contributed by atoms with Gasteiger partial charge in [0.1, 0.15) is 0 Å². The lowest BCUT2D eigenvalue weighted by Gasteiger charge is -2.39. The van der Waals surface area contributed by atoms with E-state index in [0.717, 1.165) is 5.56 Å². The maximum atomic E-state index is 12.2. The summed E-state index contributed by atoms with van der Waals surface area (Å²) in [5.41, 5.74) is 11.4. The lowest BCUT2D eigenvalue weighted by Crippen LogP contribution is -2.52. The molecule has 106 valence electrons. The molecule has 0 unspecified atom stereocenters. The third kappa shape index (κ3) is 2.03. The summed E-state index contributed by atoms with van der Waals surface area (Å²) in [6, 6.07) is 6.83. The van der Waals surface area contributed by atoms with Crippen LogP contribution >= 0.6 is 0 Å². The molecule has 1 aromatic carbocycles. The summed E-state index contributed by atoms with van der Waals surface area (Å²) in [6.45, 7) is 3.63. The van der Waals surface area contributed by atoms with E-state index in [1.165, 1.54) is 4.90 Å². The predicted molar refractivity (Wildman–Crippen MR) is 75.9 cm³/mol. The summed E-state index contributed by atoms with van der Waals surface area (Å²) < 4.78 is 0. The van der Waals surface area contributed by atoms with Crippen molar-refractivity contribution in [2.45, 2.75) is 19.4 Å². The van der Waals surface area contributed by atoms with Crippen molar-refractivity contribution in [2.24, 2.45) is 22.4 Å². The highest BCUT2D eigenvalue weighted by Crippen LogP contribution is 2.37. The van der Waals surface area contributed by atoms with E-state index >= 15 is 0 Å². The molecule has 0 saturated heterocycles. The number of carbonyl (C=O) groups is 2. The Hall–Kier alpha value is -2.37. The standard InChI is InChI=1S/C14H18N4O2/c1-8-12(20)18(3)13(16)17-14(8,2)10-6-4-5-9(7-10)11(15)19/h4-8H,1-3H3,(H2,15,19)(H2,16,17)/t8-,14+/m0/s1. The van der Waals surface area contributed by atoms with E-state index in [1.54, 1.807) is 32.2 Å². The zero-order valence-corrected chi connectivity index (χ0v) is 11.8. The SMILES string of the molecule is C[C@H]1C(=O)N(C)C(N)=N[C@@]1(C)c1cccc(C(N)=O)c1. The molecule has 4 N–H and O–H groups in total. The fourth-order valence-corrected chi connectivity index (χ4v) is 2.36. The van der Waals surface area contributed by atoms with E-state index in [1.807, 2.05) is 13.0 Å². The number of aliphatic imine (C=N–C) groups is 1. The van der Waals surface area contributed by atoms with E-state index < -0.39 is 11.4 Å². The van der Waals surface area contributed by atoms with Gasteiger partial charge in [0.2, 0.25) is 11.8 Å². The van der Waals surface area contributed by atoms with Crippen molar-refractivity contribution < 1.29 is 9.59 Å². The van der Waals surface area contributed by atoms with E-state index in [4.69, 9.17) is 11.5 Å². The lowest BCUT2D eigenvalue weighted by molar-refractivity contribution is -0.133. The lowest BCUT2D eigenvalue weighted by atomic mass is 9.79. The maximum Gasteiger partial charge on any atom is 0.248 e. The number of guanidine groups is 1. The van der Waals surface area contributed by atoms with Crippen LogP contribution in [0.15, 0.2) is 29.3 Å². The number of hydrogen-bond donors (Lipinski definition) is 2. The van der Waals surface area contributed by atoms with Crippen molar-refractivity contribution in [3.8, 4) is 0 Å². The molecule has 0 spiro atoms. The van der Waals surface area contributed by atoms with Crippen LogP contribution in [-0.2, 0) is 10.3 Å². The Balaban J connectivity index is 2.57. The second-order valence-electron chi connectivity index (χ2n) is 5.18. The van der Waals surface area contributed by atoms with Gasteiger partial charge in [-0.2, -0.15) is 0 Å². The summed E-state index contributed by atoms with van der Waals surface area (Å²) in [5, 5.41) is 0.